The molecule has 18 heavy (non-hydrogen) atoms. The van der Waals surface area contributed by atoms with Crippen LogP contribution in [0.15, 0.2) is 24.8 Å². The van der Waals surface area contributed by atoms with Gasteiger partial charge in [0.25, 0.3) is 0 Å². The van der Waals surface area contributed by atoms with Gasteiger partial charge in [-0.15, -0.1) is 0 Å². The summed E-state index contributed by atoms with van der Waals surface area (Å²) in [5, 5.41) is 0. The number of allylic oxidation sites excluding steroid dienone is 1. The van der Waals surface area contributed by atoms with Crippen molar-refractivity contribution in [3.63, 3.8) is 0 Å². The summed E-state index contributed by atoms with van der Waals surface area (Å²) in [6.07, 6.45) is 0. The fourth-order valence-corrected chi connectivity index (χ4v) is 1.62. The minimum Gasteiger partial charge on any atom is -0.375 e. The molecule has 1 aromatic carbocycles. The monoisotopic (exact) mass is 284 g/mol. The van der Waals surface area contributed by atoms with Gasteiger partial charge in [0.15, 0.2) is 5.75 Å². The molecule has 0 N–H and O–H groups in total. The van der Waals surface area contributed by atoms with E-state index in [0.29, 0.717) is 0 Å². The number of hydrogen-bond donors (Lipinski definition) is 0. The molecule has 0 aliphatic rings. The summed E-state index contributed by atoms with van der Waals surface area (Å²) < 4.78 is 75.2. The highest BCUT2D eigenvalue weighted by atomic mass is 32.2. The lowest BCUT2D eigenvalue weighted by Gasteiger charge is -2.13. The Morgan fingerprint density at radius 3 is 2.33 bits per heavy atom. The fraction of sp³-hybridized carbons (Fsp3) is 0.200. The molecule has 3 nitrogen and oxygen atoms in total. The van der Waals surface area contributed by atoms with Crippen LogP contribution in [0, 0.1) is 5.82 Å². The fourth-order valence-electron chi connectivity index (χ4n) is 1.15. The molecule has 0 heterocycles. The Morgan fingerprint density at radius 1 is 1.33 bits per heavy atom. The molecular formula is C10H8F4O3S. The molecule has 0 spiro atoms. The second-order valence-electron chi connectivity index (χ2n) is 3.38. The van der Waals surface area contributed by atoms with E-state index in [0.717, 1.165) is 18.2 Å². The zero-order valence-corrected chi connectivity index (χ0v) is 9.90. The topological polar surface area (TPSA) is 43.4 Å². The zero-order valence-electron chi connectivity index (χ0n) is 9.08. The molecule has 1 rings (SSSR count). The van der Waals surface area contributed by atoms with E-state index in [1.54, 1.807) is 0 Å². The van der Waals surface area contributed by atoms with Gasteiger partial charge in [0.05, 0.1) is 5.56 Å². The number of alkyl halides is 3. The SMILES string of the molecule is C=C(C)c1c(F)cccc1OS(=O)(=O)C(F)(F)F. The van der Waals surface area contributed by atoms with Gasteiger partial charge in [0.2, 0.25) is 0 Å². The quantitative estimate of drug-likeness (QED) is 0.486. The summed E-state index contributed by atoms with van der Waals surface area (Å²) in [6.45, 7) is 4.65. The van der Waals surface area contributed by atoms with Crippen LogP contribution in [0.2, 0.25) is 0 Å². The van der Waals surface area contributed by atoms with Crippen LogP contribution in [0.4, 0.5) is 17.6 Å². The Hall–Kier alpha value is -1.57. The maximum atomic E-state index is 13.4. The van der Waals surface area contributed by atoms with Crippen LogP contribution >= 0.6 is 0 Å². The summed E-state index contributed by atoms with van der Waals surface area (Å²) in [6, 6.07) is 2.90. The molecule has 0 saturated heterocycles. The molecule has 0 bridgehead atoms. The summed E-state index contributed by atoms with van der Waals surface area (Å²) in [5.74, 6) is -1.67. The van der Waals surface area contributed by atoms with Crippen molar-refractivity contribution in [1.29, 1.82) is 0 Å². The van der Waals surface area contributed by atoms with Crippen LogP contribution in [-0.4, -0.2) is 13.9 Å². The molecule has 0 aliphatic heterocycles. The third-order valence-corrected chi connectivity index (χ3v) is 2.85. The van der Waals surface area contributed by atoms with Gasteiger partial charge in [-0.3, -0.25) is 0 Å². The highest BCUT2D eigenvalue weighted by Crippen LogP contribution is 2.32. The van der Waals surface area contributed by atoms with Crippen molar-refractivity contribution in [3.05, 3.63) is 36.2 Å². The molecule has 0 amide bonds. The van der Waals surface area contributed by atoms with E-state index in [1.165, 1.54) is 6.92 Å². The van der Waals surface area contributed by atoms with E-state index in [2.05, 4.69) is 10.8 Å². The Balaban J connectivity index is 3.30. The second kappa shape index (κ2) is 4.60. The van der Waals surface area contributed by atoms with Crippen LogP contribution in [0.3, 0.4) is 0 Å². The molecule has 1 aromatic rings. The van der Waals surface area contributed by atoms with Crippen molar-refractivity contribution in [2.45, 2.75) is 12.4 Å². The molecule has 100 valence electrons. The average molecular weight is 284 g/mol. The summed E-state index contributed by atoms with van der Waals surface area (Å²) >= 11 is 0. The number of benzene rings is 1. The third-order valence-electron chi connectivity index (χ3n) is 1.89. The summed E-state index contributed by atoms with van der Waals surface area (Å²) in [4.78, 5) is 0. The summed E-state index contributed by atoms with van der Waals surface area (Å²) in [5.41, 5.74) is -5.95. The van der Waals surface area contributed by atoms with Crippen LogP contribution in [-0.2, 0) is 10.1 Å². The maximum Gasteiger partial charge on any atom is 0.534 e. The van der Waals surface area contributed by atoms with Crippen molar-refractivity contribution in [3.8, 4) is 5.75 Å². The Kier molecular flexibility index (Phi) is 3.70. The maximum absolute atomic E-state index is 13.4. The Labute approximate surface area is 101 Å². The van der Waals surface area contributed by atoms with E-state index >= 15 is 0 Å². The smallest absolute Gasteiger partial charge is 0.375 e. The van der Waals surface area contributed by atoms with Crippen molar-refractivity contribution in [2.24, 2.45) is 0 Å². The Morgan fingerprint density at radius 2 is 1.89 bits per heavy atom. The molecule has 0 saturated carbocycles. The highest BCUT2D eigenvalue weighted by Gasteiger charge is 2.48. The lowest BCUT2D eigenvalue weighted by Crippen LogP contribution is -2.28. The third kappa shape index (κ3) is 2.81. The standard InChI is InChI=1S/C10H8F4O3S/c1-6(2)9-7(11)4-3-5-8(9)17-18(15,16)10(12,13)14/h3-5H,1H2,2H3. The van der Waals surface area contributed by atoms with Gasteiger partial charge in [0.1, 0.15) is 5.82 Å². The van der Waals surface area contributed by atoms with Gasteiger partial charge in [-0.25, -0.2) is 4.39 Å². The van der Waals surface area contributed by atoms with Gasteiger partial charge in [-0.1, -0.05) is 12.6 Å². The van der Waals surface area contributed by atoms with Gasteiger partial charge in [-0.05, 0) is 24.6 Å². The first kappa shape index (κ1) is 14.5. The van der Waals surface area contributed by atoms with Gasteiger partial charge in [0, 0.05) is 0 Å². The van der Waals surface area contributed by atoms with E-state index in [-0.39, 0.29) is 5.57 Å². The molecule has 0 unspecified atom stereocenters. The van der Waals surface area contributed by atoms with Crippen LogP contribution in [0.5, 0.6) is 5.75 Å². The van der Waals surface area contributed by atoms with Crippen LogP contribution in [0.25, 0.3) is 5.57 Å². The predicted molar refractivity (Wildman–Crippen MR) is 56.7 cm³/mol. The Bertz CT molecular complexity index is 575. The minimum atomic E-state index is -5.83. The first-order valence-corrected chi connectivity index (χ1v) is 5.92. The molecule has 0 radical (unpaired) electrons. The predicted octanol–water partition coefficient (Wildman–Crippen LogP) is 3.09. The molecule has 0 aromatic heterocycles. The first-order valence-electron chi connectivity index (χ1n) is 4.51. The van der Waals surface area contributed by atoms with Crippen molar-refractivity contribution in [1.82, 2.24) is 0 Å². The van der Waals surface area contributed by atoms with E-state index in [4.69, 9.17) is 0 Å². The normalized spacial score (nSPS) is 12.3. The van der Waals surface area contributed by atoms with Crippen molar-refractivity contribution in [2.75, 3.05) is 0 Å². The van der Waals surface area contributed by atoms with E-state index in [9.17, 15) is 26.0 Å². The molecule has 0 fully saturated rings. The van der Waals surface area contributed by atoms with Crippen molar-refractivity contribution < 1.29 is 30.2 Å². The number of rotatable bonds is 3. The molecular weight excluding hydrogens is 276 g/mol. The first-order chi connectivity index (χ1) is 8.06. The van der Waals surface area contributed by atoms with Crippen molar-refractivity contribution >= 4 is 15.7 Å². The highest BCUT2D eigenvalue weighted by molar-refractivity contribution is 7.88. The van der Waals surface area contributed by atoms with E-state index < -0.39 is 32.8 Å². The largest absolute Gasteiger partial charge is 0.534 e. The number of hydrogen-bond acceptors (Lipinski definition) is 3. The molecule has 0 aliphatic carbocycles. The zero-order chi connectivity index (χ0) is 14.1. The van der Waals surface area contributed by atoms with E-state index in [1.807, 2.05) is 0 Å². The lowest BCUT2D eigenvalue weighted by atomic mass is 10.1. The summed E-state index contributed by atoms with van der Waals surface area (Å²) in [7, 11) is -5.83. The van der Waals surface area contributed by atoms with Crippen LogP contribution < -0.4 is 4.18 Å². The van der Waals surface area contributed by atoms with Gasteiger partial charge < -0.3 is 4.18 Å². The minimum absolute atomic E-state index is 0.0421. The van der Waals surface area contributed by atoms with Crippen LogP contribution in [0.1, 0.15) is 12.5 Å². The number of halogens is 4. The van der Waals surface area contributed by atoms with Gasteiger partial charge >= 0.3 is 15.6 Å². The molecule has 8 heteroatoms. The average Bonchev–Trinajstić information content (AvgIpc) is 2.14. The second-order valence-corrected chi connectivity index (χ2v) is 4.91. The molecule has 0 atom stereocenters. The van der Waals surface area contributed by atoms with Gasteiger partial charge in [-0.2, -0.15) is 21.6 Å². The lowest BCUT2D eigenvalue weighted by molar-refractivity contribution is -0.0500.